The average Bonchev–Trinajstić information content (AvgIpc) is 2.17. The van der Waals surface area contributed by atoms with Crippen LogP contribution in [0.3, 0.4) is 0 Å². The third-order valence-corrected chi connectivity index (χ3v) is 1.60. The van der Waals surface area contributed by atoms with Gasteiger partial charge in [0.15, 0.2) is 0 Å². The minimum absolute atomic E-state index is 0.205. The molecule has 66 valence electrons. The number of hydrogen-bond acceptors (Lipinski definition) is 2. The third-order valence-electron chi connectivity index (χ3n) is 1.43. The van der Waals surface area contributed by atoms with Crippen LogP contribution in [0, 0.1) is 17.1 Å². The molecule has 0 bridgehead atoms. The number of hydrogen-bond donors (Lipinski definition) is 1. The van der Waals surface area contributed by atoms with Crippen molar-refractivity contribution in [1.29, 1.82) is 5.26 Å². The summed E-state index contributed by atoms with van der Waals surface area (Å²) >= 11 is 5.00. The van der Waals surface area contributed by atoms with Crippen molar-refractivity contribution in [2.24, 2.45) is 0 Å². The Morgan fingerprint density at radius 2 is 2.31 bits per heavy atom. The number of carbonyl (C=O) groups is 1. The summed E-state index contributed by atoms with van der Waals surface area (Å²) in [6.07, 6.45) is 0. The van der Waals surface area contributed by atoms with Crippen LogP contribution in [-0.4, -0.2) is 5.91 Å². The number of carbonyl (C=O) groups excluding carboxylic acids is 1. The molecular weight excluding hydrogens is 195 g/mol. The van der Waals surface area contributed by atoms with E-state index in [2.05, 4.69) is 0 Å². The van der Waals surface area contributed by atoms with Gasteiger partial charge in [0.05, 0.1) is 17.2 Å². The second kappa shape index (κ2) is 3.87. The molecule has 13 heavy (non-hydrogen) atoms. The van der Waals surface area contributed by atoms with Crippen molar-refractivity contribution in [1.82, 2.24) is 4.84 Å². The Morgan fingerprint density at radius 3 is 2.85 bits per heavy atom. The Labute approximate surface area is 78.8 Å². The van der Waals surface area contributed by atoms with Gasteiger partial charge in [0, 0.05) is 11.8 Å². The van der Waals surface area contributed by atoms with Crippen LogP contribution >= 0.6 is 11.8 Å². The fourth-order valence-corrected chi connectivity index (χ4v) is 0.922. The van der Waals surface area contributed by atoms with Crippen LogP contribution in [0.2, 0.25) is 0 Å². The first-order chi connectivity index (χ1) is 6.19. The zero-order chi connectivity index (χ0) is 9.84. The lowest BCUT2D eigenvalue weighted by atomic mass is 10.1. The summed E-state index contributed by atoms with van der Waals surface area (Å²) in [5.74, 6) is -1.48. The first-order valence-electron chi connectivity index (χ1n) is 3.29. The van der Waals surface area contributed by atoms with Crippen LogP contribution in [0.15, 0.2) is 18.2 Å². The van der Waals surface area contributed by atoms with Crippen molar-refractivity contribution >= 4 is 17.7 Å². The van der Waals surface area contributed by atoms with E-state index in [1.165, 1.54) is 6.07 Å². The first-order valence-corrected chi connectivity index (χ1v) is 3.67. The lowest BCUT2D eigenvalue weighted by Crippen LogP contribution is -2.14. The zero-order valence-corrected chi connectivity index (χ0v) is 7.10. The van der Waals surface area contributed by atoms with Crippen LogP contribution in [0.1, 0.15) is 15.9 Å². The van der Waals surface area contributed by atoms with Crippen molar-refractivity contribution in [2.45, 2.75) is 0 Å². The van der Waals surface area contributed by atoms with Gasteiger partial charge in [-0.15, -0.1) is 0 Å². The van der Waals surface area contributed by atoms with E-state index >= 15 is 0 Å². The van der Waals surface area contributed by atoms with Crippen molar-refractivity contribution in [3.05, 3.63) is 35.1 Å². The molecule has 0 aliphatic rings. The summed E-state index contributed by atoms with van der Waals surface area (Å²) in [7, 11) is 0. The van der Waals surface area contributed by atoms with Gasteiger partial charge in [-0.25, -0.2) is 4.39 Å². The molecule has 0 spiro atoms. The van der Waals surface area contributed by atoms with Crippen LogP contribution < -0.4 is 4.84 Å². The molecule has 0 fully saturated rings. The molecule has 5 heteroatoms. The largest absolute Gasteiger partial charge is 0.268 e. The van der Waals surface area contributed by atoms with Gasteiger partial charge in [-0.2, -0.15) is 5.26 Å². The highest BCUT2D eigenvalue weighted by atomic mass is 35.5. The summed E-state index contributed by atoms with van der Waals surface area (Å²) in [6, 6.07) is 5.24. The number of rotatable bonds is 1. The predicted octanol–water partition coefficient (Wildman–Crippen LogP) is 1.58. The maximum Gasteiger partial charge on any atom is 0.268 e. The fourth-order valence-electron chi connectivity index (χ4n) is 0.820. The second-order valence-corrected chi connectivity index (χ2v) is 2.42. The van der Waals surface area contributed by atoms with Crippen molar-refractivity contribution in [3.63, 3.8) is 0 Å². The highest BCUT2D eigenvalue weighted by Crippen LogP contribution is 2.09. The number of benzene rings is 1. The molecule has 0 radical (unpaired) electrons. The topological polar surface area (TPSA) is 52.9 Å². The van der Waals surface area contributed by atoms with Gasteiger partial charge >= 0.3 is 0 Å². The van der Waals surface area contributed by atoms with E-state index in [1.54, 1.807) is 10.9 Å². The number of nitrogens with one attached hydrogen (secondary N) is 1. The molecule has 0 saturated carbocycles. The Kier molecular flexibility index (Phi) is 2.83. The predicted molar refractivity (Wildman–Crippen MR) is 44.4 cm³/mol. The molecule has 1 aromatic carbocycles. The summed E-state index contributed by atoms with van der Waals surface area (Å²) in [5.41, 5.74) is -0.0364. The number of halogens is 2. The summed E-state index contributed by atoms with van der Waals surface area (Å²) in [5, 5.41) is 8.47. The highest BCUT2D eigenvalue weighted by Gasteiger charge is 2.10. The number of nitrogens with zero attached hydrogens (tertiary/aromatic N) is 1. The van der Waals surface area contributed by atoms with E-state index < -0.39 is 11.7 Å². The quantitative estimate of drug-likeness (QED) is 0.697. The van der Waals surface area contributed by atoms with Crippen LogP contribution in [0.5, 0.6) is 0 Å². The Bertz CT molecular complexity index is 386. The average molecular weight is 199 g/mol. The zero-order valence-electron chi connectivity index (χ0n) is 6.34. The van der Waals surface area contributed by atoms with Crippen LogP contribution in [0.25, 0.3) is 0 Å². The van der Waals surface area contributed by atoms with E-state index in [9.17, 15) is 9.18 Å². The van der Waals surface area contributed by atoms with Gasteiger partial charge in [-0.05, 0) is 18.2 Å². The normalized spacial score (nSPS) is 9.00. The number of nitriles is 1. The molecular formula is C8H4ClFN2O. The molecule has 0 aliphatic carbocycles. The Morgan fingerprint density at radius 1 is 1.62 bits per heavy atom. The lowest BCUT2D eigenvalue weighted by Gasteiger charge is -1.99. The molecule has 1 N–H and O–H groups in total. The molecule has 0 heterocycles. The molecule has 3 nitrogen and oxygen atoms in total. The minimum Gasteiger partial charge on any atom is -0.268 e. The van der Waals surface area contributed by atoms with E-state index in [4.69, 9.17) is 17.0 Å². The molecule has 0 saturated heterocycles. The smallest absolute Gasteiger partial charge is 0.268 e. The SMILES string of the molecule is N#Cc1ccc(F)c(C(=O)NCl)c1. The van der Waals surface area contributed by atoms with Gasteiger partial charge in [0.2, 0.25) is 0 Å². The fraction of sp³-hybridized carbons (Fsp3) is 0. The van der Waals surface area contributed by atoms with Gasteiger partial charge in [0.1, 0.15) is 5.82 Å². The van der Waals surface area contributed by atoms with Crippen molar-refractivity contribution < 1.29 is 9.18 Å². The van der Waals surface area contributed by atoms with Crippen LogP contribution in [0.4, 0.5) is 4.39 Å². The minimum atomic E-state index is -0.767. The van der Waals surface area contributed by atoms with E-state index in [-0.39, 0.29) is 11.1 Å². The summed E-state index contributed by atoms with van der Waals surface area (Å²) in [6.45, 7) is 0. The van der Waals surface area contributed by atoms with Gasteiger partial charge in [-0.1, -0.05) is 0 Å². The van der Waals surface area contributed by atoms with Gasteiger partial charge in [0.25, 0.3) is 5.91 Å². The molecule has 1 rings (SSSR count). The summed E-state index contributed by atoms with van der Waals surface area (Å²) in [4.78, 5) is 12.7. The second-order valence-electron chi connectivity index (χ2n) is 2.23. The molecule has 0 atom stereocenters. The molecule has 1 aromatic rings. The van der Waals surface area contributed by atoms with Gasteiger partial charge in [-0.3, -0.25) is 9.63 Å². The Hall–Kier alpha value is -1.60. The molecule has 1 amide bonds. The van der Waals surface area contributed by atoms with Gasteiger partial charge < -0.3 is 0 Å². The maximum absolute atomic E-state index is 12.9. The maximum atomic E-state index is 12.9. The lowest BCUT2D eigenvalue weighted by molar-refractivity contribution is 0.0978. The first kappa shape index (κ1) is 9.49. The number of amides is 1. The van der Waals surface area contributed by atoms with Crippen molar-refractivity contribution in [3.8, 4) is 6.07 Å². The van der Waals surface area contributed by atoms with E-state index in [0.717, 1.165) is 12.1 Å². The molecule has 0 unspecified atom stereocenters. The standard InChI is InChI=1S/C8H4ClFN2O/c9-12-8(13)6-3-5(4-11)1-2-7(6)10/h1-3H,(H,12,13). The third kappa shape index (κ3) is 1.95. The highest BCUT2D eigenvalue weighted by molar-refractivity contribution is 6.24. The van der Waals surface area contributed by atoms with E-state index in [1.807, 2.05) is 0 Å². The summed E-state index contributed by atoms with van der Waals surface area (Å²) < 4.78 is 12.9. The van der Waals surface area contributed by atoms with E-state index in [0.29, 0.717) is 0 Å². The monoisotopic (exact) mass is 198 g/mol. The van der Waals surface area contributed by atoms with Crippen LogP contribution in [-0.2, 0) is 0 Å². The Balaban J connectivity index is 3.20. The van der Waals surface area contributed by atoms with Crippen molar-refractivity contribution in [2.75, 3.05) is 0 Å². The molecule has 0 aromatic heterocycles. The molecule has 0 aliphatic heterocycles.